The van der Waals surface area contributed by atoms with Crippen molar-refractivity contribution in [2.75, 3.05) is 20.3 Å². The van der Waals surface area contributed by atoms with Gasteiger partial charge in [0.05, 0.1) is 20.3 Å². The van der Waals surface area contributed by atoms with Crippen LogP contribution in [0.4, 0.5) is 0 Å². The van der Waals surface area contributed by atoms with Crippen LogP contribution >= 0.6 is 0 Å². The quantitative estimate of drug-likeness (QED) is 0.253. The molecule has 0 radical (unpaired) electrons. The summed E-state index contributed by atoms with van der Waals surface area (Å²) < 4.78 is 15.5. The number of hydrogen-bond donors (Lipinski definition) is 0. The molecule has 0 aliphatic carbocycles. The van der Waals surface area contributed by atoms with Crippen molar-refractivity contribution in [3.8, 4) is 16.9 Å². The third-order valence-corrected chi connectivity index (χ3v) is 4.60. The second-order valence-corrected chi connectivity index (χ2v) is 7.18. The number of benzene rings is 2. The highest BCUT2D eigenvalue weighted by atomic mass is 16.5. The van der Waals surface area contributed by atoms with E-state index < -0.39 is 0 Å². The highest BCUT2D eigenvalue weighted by Crippen LogP contribution is 2.23. The van der Waals surface area contributed by atoms with E-state index in [4.69, 9.17) is 9.47 Å². The van der Waals surface area contributed by atoms with Crippen LogP contribution in [0.5, 0.6) is 5.75 Å². The molecule has 0 aliphatic rings. The van der Waals surface area contributed by atoms with Crippen molar-refractivity contribution in [2.45, 2.75) is 32.6 Å². The molecule has 5 heteroatoms. The van der Waals surface area contributed by atoms with Gasteiger partial charge >= 0.3 is 11.9 Å². The third kappa shape index (κ3) is 8.91. The zero-order valence-electron chi connectivity index (χ0n) is 18.3. The molecule has 0 heterocycles. The Hall–Kier alpha value is -3.34. The topological polar surface area (TPSA) is 61.8 Å². The first-order valence-electron chi connectivity index (χ1n) is 10.4. The summed E-state index contributed by atoms with van der Waals surface area (Å²) in [7, 11) is 1.36. The van der Waals surface area contributed by atoms with Crippen molar-refractivity contribution in [2.24, 2.45) is 0 Å². The first kappa shape index (κ1) is 23.9. The average molecular weight is 423 g/mol. The molecule has 0 amide bonds. The molecule has 0 fully saturated rings. The van der Waals surface area contributed by atoms with Crippen LogP contribution in [0.15, 0.2) is 66.8 Å². The predicted octanol–water partition coefficient (Wildman–Crippen LogP) is 5.60. The standard InChI is InChI=1S/C26H30O5/c1-20(2)26(28)31-19-7-5-4-6-18-30-24-15-13-23(14-16-24)22-11-8-21(9-12-22)10-17-25(27)29-3/h8-17H,1,4-7,18-19H2,2-3H3. The summed E-state index contributed by atoms with van der Waals surface area (Å²) >= 11 is 0. The van der Waals surface area contributed by atoms with Gasteiger partial charge in [-0.1, -0.05) is 43.0 Å². The summed E-state index contributed by atoms with van der Waals surface area (Å²) in [6.07, 6.45) is 6.96. The Morgan fingerprint density at radius 1 is 0.871 bits per heavy atom. The van der Waals surface area contributed by atoms with E-state index in [-0.39, 0.29) is 11.9 Å². The van der Waals surface area contributed by atoms with E-state index in [2.05, 4.69) is 11.3 Å². The van der Waals surface area contributed by atoms with Gasteiger partial charge in [-0.2, -0.15) is 0 Å². The molecule has 0 spiro atoms. The highest BCUT2D eigenvalue weighted by molar-refractivity contribution is 5.87. The van der Waals surface area contributed by atoms with Gasteiger partial charge in [0.1, 0.15) is 5.75 Å². The van der Waals surface area contributed by atoms with Gasteiger partial charge in [-0.25, -0.2) is 9.59 Å². The minimum atomic E-state index is -0.372. The maximum atomic E-state index is 11.3. The second-order valence-electron chi connectivity index (χ2n) is 7.18. The van der Waals surface area contributed by atoms with Crippen molar-refractivity contribution < 1.29 is 23.8 Å². The van der Waals surface area contributed by atoms with Crippen LogP contribution in [-0.2, 0) is 19.1 Å². The molecule has 5 nitrogen and oxygen atoms in total. The SMILES string of the molecule is C=C(C)C(=O)OCCCCCCOc1ccc(-c2ccc(C=CC(=O)OC)cc2)cc1. The van der Waals surface area contributed by atoms with Crippen LogP contribution in [0.1, 0.15) is 38.2 Å². The molecule has 0 aliphatic heterocycles. The molecule has 0 bridgehead atoms. The van der Waals surface area contributed by atoms with Crippen molar-refractivity contribution in [1.82, 2.24) is 0 Å². The van der Waals surface area contributed by atoms with E-state index in [0.717, 1.165) is 48.1 Å². The Morgan fingerprint density at radius 2 is 1.45 bits per heavy atom. The predicted molar refractivity (Wildman–Crippen MR) is 123 cm³/mol. The Bertz CT molecular complexity index is 879. The minimum Gasteiger partial charge on any atom is -0.494 e. The molecule has 0 atom stereocenters. The van der Waals surface area contributed by atoms with E-state index in [0.29, 0.717) is 18.8 Å². The molecule has 164 valence electrons. The van der Waals surface area contributed by atoms with Crippen molar-refractivity contribution in [3.63, 3.8) is 0 Å². The van der Waals surface area contributed by atoms with Crippen molar-refractivity contribution >= 4 is 18.0 Å². The van der Waals surface area contributed by atoms with Gasteiger partial charge in [0.2, 0.25) is 0 Å². The lowest BCUT2D eigenvalue weighted by atomic mass is 10.0. The molecule has 0 aromatic heterocycles. The van der Waals surface area contributed by atoms with Gasteiger partial charge < -0.3 is 14.2 Å². The lowest BCUT2D eigenvalue weighted by molar-refractivity contribution is -0.139. The van der Waals surface area contributed by atoms with Gasteiger partial charge in [-0.15, -0.1) is 0 Å². The fourth-order valence-corrected chi connectivity index (χ4v) is 2.80. The lowest BCUT2D eigenvalue weighted by Gasteiger charge is -2.08. The van der Waals surface area contributed by atoms with E-state index in [1.807, 2.05) is 48.5 Å². The number of unbranched alkanes of at least 4 members (excludes halogenated alkanes) is 3. The number of hydrogen-bond acceptors (Lipinski definition) is 5. The maximum absolute atomic E-state index is 11.3. The van der Waals surface area contributed by atoms with Crippen LogP contribution in [0.3, 0.4) is 0 Å². The van der Waals surface area contributed by atoms with Gasteiger partial charge in [-0.3, -0.25) is 0 Å². The first-order chi connectivity index (χ1) is 15.0. The van der Waals surface area contributed by atoms with E-state index in [1.54, 1.807) is 13.0 Å². The molecule has 0 N–H and O–H groups in total. The van der Waals surface area contributed by atoms with Gasteiger partial charge in [-0.05, 0) is 67.5 Å². The number of esters is 2. The largest absolute Gasteiger partial charge is 0.494 e. The van der Waals surface area contributed by atoms with Crippen molar-refractivity contribution in [3.05, 3.63) is 72.3 Å². The highest BCUT2D eigenvalue weighted by Gasteiger charge is 2.02. The third-order valence-electron chi connectivity index (χ3n) is 4.60. The molecule has 0 saturated carbocycles. The van der Waals surface area contributed by atoms with E-state index >= 15 is 0 Å². The van der Waals surface area contributed by atoms with Crippen molar-refractivity contribution in [1.29, 1.82) is 0 Å². The normalized spacial score (nSPS) is 10.6. The summed E-state index contributed by atoms with van der Waals surface area (Å²) in [5, 5.41) is 0. The van der Waals surface area contributed by atoms with Gasteiger partial charge in [0.15, 0.2) is 0 Å². The molecule has 2 aromatic carbocycles. The zero-order valence-corrected chi connectivity index (χ0v) is 18.3. The summed E-state index contributed by atoms with van der Waals surface area (Å²) in [6.45, 7) is 6.30. The molecule has 31 heavy (non-hydrogen) atoms. The van der Waals surface area contributed by atoms with Crippen LogP contribution in [0.25, 0.3) is 17.2 Å². The van der Waals surface area contributed by atoms with Gasteiger partial charge in [0, 0.05) is 11.6 Å². The Labute approximate surface area is 184 Å². The summed E-state index contributed by atoms with van der Waals surface area (Å²) in [5.41, 5.74) is 3.56. The lowest BCUT2D eigenvalue weighted by Crippen LogP contribution is -2.06. The monoisotopic (exact) mass is 422 g/mol. The fourth-order valence-electron chi connectivity index (χ4n) is 2.80. The van der Waals surface area contributed by atoms with E-state index in [1.165, 1.54) is 13.2 Å². The average Bonchev–Trinajstić information content (AvgIpc) is 2.79. The van der Waals surface area contributed by atoms with Crippen LogP contribution in [-0.4, -0.2) is 32.3 Å². The maximum Gasteiger partial charge on any atom is 0.333 e. The minimum absolute atomic E-state index is 0.321. The number of carbonyl (C=O) groups is 2. The number of rotatable bonds is 12. The molecule has 2 rings (SSSR count). The summed E-state index contributed by atoms with van der Waals surface area (Å²) in [6, 6.07) is 15.9. The Kier molecular flexibility index (Phi) is 10.1. The second kappa shape index (κ2) is 13.1. The van der Waals surface area contributed by atoms with Crippen LogP contribution in [0, 0.1) is 0 Å². The Balaban J connectivity index is 1.69. The summed E-state index contributed by atoms with van der Waals surface area (Å²) in [4.78, 5) is 22.4. The fraction of sp³-hybridized carbons (Fsp3) is 0.308. The van der Waals surface area contributed by atoms with Gasteiger partial charge in [0.25, 0.3) is 0 Å². The Morgan fingerprint density at radius 3 is 2.03 bits per heavy atom. The smallest absolute Gasteiger partial charge is 0.333 e. The molecule has 2 aromatic rings. The first-order valence-corrected chi connectivity index (χ1v) is 10.4. The molecular weight excluding hydrogens is 392 g/mol. The number of carbonyl (C=O) groups excluding carboxylic acids is 2. The molecule has 0 saturated heterocycles. The van der Waals surface area contributed by atoms with E-state index in [9.17, 15) is 9.59 Å². The number of methoxy groups -OCH3 is 1. The summed E-state index contributed by atoms with van der Waals surface area (Å²) in [5.74, 6) is 0.152. The van der Waals surface area contributed by atoms with Crippen LogP contribution in [0.2, 0.25) is 0 Å². The molecular formula is C26H30O5. The zero-order chi connectivity index (χ0) is 22.5. The number of ether oxygens (including phenoxy) is 3. The molecule has 0 unspecified atom stereocenters. The van der Waals surface area contributed by atoms with Crippen LogP contribution < -0.4 is 4.74 Å².